The van der Waals surface area contributed by atoms with Crippen molar-refractivity contribution < 1.29 is 8.42 Å². The van der Waals surface area contributed by atoms with Crippen molar-refractivity contribution in [3.8, 4) is 0 Å². The molecule has 0 aliphatic carbocycles. The van der Waals surface area contributed by atoms with Crippen LogP contribution < -0.4 is 0 Å². The summed E-state index contributed by atoms with van der Waals surface area (Å²) in [5.41, 5.74) is 2.63. The highest BCUT2D eigenvalue weighted by Gasteiger charge is 2.28. The van der Waals surface area contributed by atoms with E-state index in [1.165, 1.54) is 11.1 Å². The van der Waals surface area contributed by atoms with E-state index in [1.54, 1.807) is 28.6 Å². The van der Waals surface area contributed by atoms with Crippen LogP contribution in [0.5, 0.6) is 0 Å². The van der Waals surface area contributed by atoms with Crippen LogP contribution in [-0.2, 0) is 16.6 Å². The Morgan fingerprint density at radius 2 is 1.48 bits per heavy atom. The smallest absolute Gasteiger partial charge is 0.243 e. The molecule has 0 atom stereocenters. The van der Waals surface area contributed by atoms with Gasteiger partial charge in [-0.05, 0) is 29.2 Å². The summed E-state index contributed by atoms with van der Waals surface area (Å²) in [6.45, 7) is 7.87. The first-order chi connectivity index (χ1) is 12.0. The van der Waals surface area contributed by atoms with E-state index in [1.807, 2.05) is 6.07 Å². The van der Waals surface area contributed by atoms with Crippen molar-refractivity contribution in [2.75, 3.05) is 26.2 Å². The predicted molar refractivity (Wildman–Crippen MR) is 101 cm³/mol. The minimum atomic E-state index is -3.37. The Kier molecular flexibility index (Phi) is 5.57. The van der Waals surface area contributed by atoms with E-state index in [0.29, 0.717) is 23.9 Å². The largest absolute Gasteiger partial charge is 0.296 e. The van der Waals surface area contributed by atoms with E-state index in [9.17, 15) is 8.42 Å². The molecular formula is C20H26N2O2S. The highest BCUT2D eigenvalue weighted by atomic mass is 32.2. The summed E-state index contributed by atoms with van der Waals surface area (Å²) < 4.78 is 26.9. The van der Waals surface area contributed by atoms with E-state index in [4.69, 9.17) is 0 Å². The highest BCUT2D eigenvalue weighted by Crippen LogP contribution is 2.19. The third-order valence-electron chi connectivity index (χ3n) is 4.76. The van der Waals surface area contributed by atoms with Crippen molar-refractivity contribution in [1.82, 2.24) is 9.21 Å². The molecule has 0 bridgehead atoms. The Morgan fingerprint density at radius 1 is 0.880 bits per heavy atom. The third kappa shape index (κ3) is 4.29. The van der Waals surface area contributed by atoms with Gasteiger partial charge in [-0.25, -0.2) is 8.42 Å². The van der Waals surface area contributed by atoms with Crippen molar-refractivity contribution in [1.29, 1.82) is 0 Å². The first-order valence-electron chi connectivity index (χ1n) is 8.83. The molecule has 0 spiro atoms. The number of nitrogens with zero attached hydrogens (tertiary/aromatic N) is 2. The Balaban J connectivity index is 1.58. The van der Waals surface area contributed by atoms with E-state index < -0.39 is 10.0 Å². The number of piperazine rings is 1. The number of rotatable bonds is 5. The zero-order valence-corrected chi connectivity index (χ0v) is 15.7. The lowest BCUT2D eigenvalue weighted by Gasteiger charge is -2.34. The Labute approximate surface area is 151 Å². The Morgan fingerprint density at radius 3 is 2.04 bits per heavy atom. The molecule has 2 aromatic carbocycles. The summed E-state index contributed by atoms with van der Waals surface area (Å²) in [6.07, 6.45) is 0. The van der Waals surface area contributed by atoms with E-state index >= 15 is 0 Å². The van der Waals surface area contributed by atoms with E-state index in [-0.39, 0.29) is 0 Å². The van der Waals surface area contributed by atoms with Crippen LogP contribution in [0.4, 0.5) is 0 Å². The van der Waals surface area contributed by atoms with Crippen molar-refractivity contribution in [2.24, 2.45) is 0 Å². The molecule has 1 heterocycles. The summed E-state index contributed by atoms with van der Waals surface area (Å²) in [4.78, 5) is 2.70. The topological polar surface area (TPSA) is 40.6 Å². The molecule has 0 radical (unpaired) electrons. The van der Waals surface area contributed by atoms with Gasteiger partial charge < -0.3 is 0 Å². The van der Waals surface area contributed by atoms with Gasteiger partial charge in [0.25, 0.3) is 0 Å². The zero-order valence-electron chi connectivity index (χ0n) is 14.9. The van der Waals surface area contributed by atoms with Crippen LogP contribution in [0.15, 0.2) is 59.5 Å². The minimum Gasteiger partial charge on any atom is -0.296 e. The van der Waals surface area contributed by atoms with Crippen LogP contribution in [0.3, 0.4) is 0 Å². The first-order valence-corrected chi connectivity index (χ1v) is 10.3. The molecule has 1 saturated heterocycles. The zero-order chi connectivity index (χ0) is 17.9. The summed E-state index contributed by atoms with van der Waals surface area (Å²) >= 11 is 0. The van der Waals surface area contributed by atoms with Crippen LogP contribution in [0.1, 0.15) is 30.9 Å². The van der Waals surface area contributed by atoms with Gasteiger partial charge in [-0.1, -0.05) is 56.3 Å². The third-order valence-corrected chi connectivity index (χ3v) is 6.68. The molecule has 134 valence electrons. The van der Waals surface area contributed by atoms with Gasteiger partial charge >= 0.3 is 0 Å². The second kappa shape index (κ2) is 7.68. The second-order valence-corrected chi connectivity index (χ2v) is 8.83. The molecule has 0 aromatic heterocycles. The molecule has 1 fully saturated rings. The van der Waals surface area contributed by atoms with Crippen molar-refractivity contribution in [3.05, 3.63) is 65.7 Å². The fraction of sp³-hybridized carbons (Fsp3) is 0.400. The summed E-state index contributed by atoms with van der Waals surface area (Å²) in [5.74, 6) is 0.542. The van der Waals surface area contributed by atoms with Crippen molar-refractivity contribution in [2.45, 2.75) is 31.2 Å². The van der Waals surface area contributed by atoms with Crippen LogP contribution >= 0.6 is 0 Å². The molecule has 0 amide bonds. The Bertz CT molecular complexity index is 778. The normalized spacial score (nSPS) is 17.1. The van der Waals surface area contributed by atoms with Gasteiger partial charge in [0, 0.05) is 32.7 Å². The van der Waals surface area contributed by atoms with E-state index in [2.05, 4.69) is 43.0 Å². The molecule has 2 aromatic rings. The lowest BCUT2D eigenvalue weighted by Crippen LogP contribution is -2.48. The van der Waals surface area contributed by atoms with Gasteiger partial charge in [0.1, 0.15) is 0 Å². The molecular weight excluding hydrogens is 332 g/mol. The van der Waals surface area contributed by atoms with Gasteiger partial charge in [0.15, 0.2) is 0 Å². The minimum absolute atomic E-state index is 0.382. The fourth-order valence-electron chi connectivity index (χ4n) is 3.14. The van der Waals surface area contributed by atoms with Gasteiger partial charge in [-0.2, -0.15) is 4.31 Å². The maximum absolute atomic E-state index is 12.7. The molecule has 0 unspecified atom stereocenters. The van der Waals surface area contributed by atoms with Crippen LogP contribution in [0, 0.1) is 0 Å². The summed E-state index contributed by atoms with van der Waals surface area (Å²) in [5, 5.41) is 0. The van der Waals surface area contributed by atoms with Gasteiger partial charge in [-0.3, -0.25) is 4.90 Å². The Hall–Kier alpha value is -1.69. The number of hydrogen-bond acceptors (Lipinski definition) is 3. The summed E-state index contributed by atoms with van der Waals surface area (Å²) in [7, 11) is -3.37. The average molecular weight is 359 g/mol. The number of hydrogen-bond donors (Lipinski definition) is 0. The predicted octanol–water partition coefficient (Wildman–Crippen LogP) is 3.32. The van der Waals surface area contributed by atoms with Gasteiger partial charge in [0.05, 0.1) is 4.90 Å². The maximum Gasteiger partial charge on any atom is 0.243 e. The molecule has 4 nitrogen and oxygen atoms in total. The van der Waals surface area contributed by atoms with Crippen molar-refractivity contribution >= 4 is 10.0 Å². The molecule has 25 heavy (non-hydrogen) atoms. The number of sulfonamides is 1. The van der Waals surface area contributed by atoms with Gasteiger partial charge in [-0.15, -0.1) is 0 Å². The molecule has 1 aliphatic heterocycles. The van der Waals surface area contributed by atoms with Crippen LogP contribution in [0.2, 0.25) is 0 Å². The maximum atomic E-state index is 12.7. The highest BCUT2D eigenvalue weighted by molar-refractivity contribution is 7.89. The number of benzene rings is 2. The van der Waals surface area contributed by atoms with E-state index in [0.717, 1.165) is 19.6 Å². The lowest BCUT2D eigenvalue weighted by molar-refractivity contribution is 0.181. The van der Waals surface area contributed by atoms with Crippen LogP contribution in [-0.4, -0.2) is 43.8 Å². The van der Waals surface area contributed by atoms with Gasteiger partial charge in [0.2, 0.25) is 10.0 Å². The monoisotopic (exact) mass is 358 g/mol. The molecule has 5 heteroatoms. The summed E-state index contributed by atoms with van der Waals surface area (Å²) in [6, 6.07) is 17.4. The SMILES string of the molecule is CC(C)c1ccc(CN2CCN(S(=O)(=O)c3ccccc3)CC2)cc1. The quantitative estimate of drug-likeness (QED) is 0.823. The lowest BCUT2D eigenvalue weighted by atomic mass is 10.0. The fourth-order valence-corrected chi connectivity index (χ4v) is 4.58. The second-order valence-electron chi connectivity index (χ2n) is 6.89. The molecule has 0 saturated carbocycles. The molecule has 1 aliphatic rings. The average Bonchev–Trinajstić information content (AvgIpc) is 2.63. The molecule has 0 N–H and O–H groups in total. The standard InChI is InChI=1S/C20H26N2O2S/c1-17(2)19-10-8-18(9-11-19)16-21-12-14-22(15-13-21)25(23,24)20-6-4-3-5-7-20/h3-11,17H,12-16H2,1-2H3. The molecule has 3 rings (SSSR count). The van der Waals surface area contributed by atoms with Crippen molar-refractivity contribution in [3.63, 3.8) is 0 Å². The first kappa shape index (κ1) is 18.1. The van der Waals surface area contributed by atoms with Crippen LogP contribution in [0.25, 0.3) is 0 Å².